The van der Waals surface area contributed by atoms with Crippen molar-refractivity contribution in [1.29, 1.82) is 0 Å². The third kappa shape index (κ3) is 3.69. The highest BCUT2D eigenvalue weighted by molar-refractivity contribution is 7.99. The van der Waals surface area contributed by atoms with Gasteiger partial charge in [-0.05, 0) is 23.6 Å². The first kappa shape index (κ1) is 16.3. The fourth-order valence-electron chi connectivity index (χ4n) is 1.98. The van der Waals surface area contributed by atoms with Gasteiger partial charge in [-0.15, -0.1) is 21.5 Å². The summed E-state index contributed by atoms with van der Waals surface area (Å²) in [5.74, 6) is 7.29. The predicted molar refractivity (Wildman–Crippen MR) is 95.8 cm³/mol. The van der Waals surface area contributed by atoms with Gasteiger partial charge < -0.3 is 15.9 Å². The molecular formula is C15H15N5O2S2. The van der Waals surface area contributed by atoms with Gasteiger partial charge in [0.25, 0.3) is 0 Å². The number of nitrogens with zero attached hydrogens (tertiary/aromatic N) is 3. The summed E-state index contributed by atoms with van der Waals surface area (Å²) in [6.07, 6.45) is 0. The van der Waals surface area contributed by atoms with E-state index in [0.29, 0.717) is 22.4 Å². The minimum atomic E-state index is -0.158. The molecular weight excluding hydrogens is 346 g/mol. The highest BCUT2D eigenvalue weighted by atomic mass is 32.2. The summed E-state index contributed by atoms with van der Waals surface area (Å²) in [7, 11) is 1.58. The first-order valence-corrected chi connectivity index (χ1v) is 8.85. The maximum absolute atomic E-state index is 12.1. The van der Waals surface area contributed by atoms with Crippen molar-refractivity contribution in [2.24, 2.45) is 0 Å². The van der Waals surface area contributed by atoms with Crippen LogP contribution in [-0.2, 0) is 4.79 Å². The summed E-state index contributed by atoms with van der Waals surface area (Å²) in [5, 5.41) is 13.3. The number of aromatic nitrogens is 3. The Morgan fingerprint density at radius 3 is 3.00 bits per heavy atom. The molecule has 24 heavy (non-hydrogen) atoms. The summed E-state index contributed by atoms with van der Waals surface area (Å²) in [4.78, 5) is 13.0. The Hall–Kier alpha value is -2.52. The van der Waals surface area contributed by atoms with Crippen molar-refractivity contribution < 1.29 is 9.53 Å². The molecule has 9 heteroatoms. The number of thioether (sulfide) groups is 1. The number of hydrogen-bond acceptors (Lipinski definition) is 7. The zero-order valence-electron chi connectivity index (χ0n) is 12.8. The van der Waals surface area contributed by atoms with Gasteiger partial charge in [-0.2, -0.15) is 0 Å². The average molecular weight is 361 g/mol. The Bertz CT molecular complexity index is 832. The number of methoxy groups -OCH3 is 1. The van der Waals surface area contributed by atoms with E-state index in [1.54, 1.807) is 19.2 Å². The van der Waals surface area contributed by atoms with E-state index in [2.05, 4.69) is 15.5 Å². The number of carbonyl (C=O) groups is 1. The first-order chi connectivity index (χ1) is 11.7. The Morgan fingerprint density at radius 2 is 2.25 bits per heavy atom. The molecule has 0 saturated carbocycles. The number of rotatable bonds is 6. The molecule has 124 valence electrons. The van der Waals surface area contributed by atoms with Crippen LogP contribution in [0, 0.1) is 0 Å². The lowest BCUT2D eigenvalue weighted by Crippen LogP contribution is -2.16. The summed E-state index contributed by atoms with van der Waals surface area (Å²) in [6, 6.07) is 11.0. The zero-order chi connectivity index (χ0) is 16.9. The van der Waals surface area contributed by atoms with Gasteiger partial charge in [-0.3, -0.25) is 4.79 Å². The van der Waals surface area contributed by atoms with E-state index in [0.717, 1.165) is 4.88 Å². The molecule has 2 aromatic heterocycles. The molecule has 0 radical (unpaired) electrons. The van der Waals surface area contributed by atoms with Crippen molar-refractivity contribution in [2.75, 3.05) is 24.0 Å². The molecule has 1 amide bonds. The Kier molecular flexibility index (Phi) is 5.02. The standard InChI is InChI=1S/C15H15N5O2S2/c1-22-11-5-2-4-10(8-11)17-13(21)9-24-15-19-18-14(20(15)16)12-6-3-7-23-12/h2-8H,9,16H2,1H3,(H,17,21). The molecule has 1 aromatic carbocycles. The molecule has 0 saturated heterocycles. The van der Waals surface area contributed by atoms with Gasteiger partial charge in [0.05, 0.1) is 17.7 Å². The number of anilines is 1. The second kappa shape index (κ2) is 7.37. The van der Waals surface area contributed by atoms with E-state index in [-0.39, 0.29) is 11.7 Å². The average Bonchev–Trinajstić information content (AvgIpc) is 3.23. The fourth-order valence-corrected chi connectivity index (χ4v) is 3.34. The van der Waals surface area contributed by atoms with Crippen LogP contribution < -0.4 is 15.9 Å². The molecule has 0 aliphatic carbocycles. The van der Waals surface area contributed by atoms with Crippen molar-refractivity contribution in [3.63, 3.8) is 0 Å². The number of amides is 1. The van der Waals surface area contributed by atoms with Gasteiger partial charge in [-0.1, -0.05) is 23.9 Å². The topological polar surface area (TPSA) is 95.1 Å². The minimum Gasteiger partial charge on any atom is -0.497 e. The van der Waals surface area contributed by atoms with Gasteiger partial charge >= 0.3 is 0 Å². The number of benzene rings is 1. The number of nitrogens with two attached hydrogens (primary N) is 1. The van der Waals surface area contributed by atoms with E-state index in [1.165, 1.54) is 27.8 Å². The quantitative estimate of drug-likeness (QED) is 0.517. The zero-order valence-corrected chi connectivity index (χ0v) is 14.4. The van der Waals surface area contributed by atoms with Gasteiger partial charge in [-0.25, -0.2) is 4.68 Å². The van der Waals surface area contributed by atoms with E-state index in [4.69, 9.17) is 10.6 Å². The van der Waals surface area contributed by atoms with Crippen LogP contribution in [-0.4, -0.2) is 33.6 Å². The number of ether oxygens (including phenoxy) is 1. The van der Waals surface area contributed by atoms with Crippen molar-refractivity contribution >= 4 is 34.7 Å². The van der Waals surface area contributed by atoms with Gasteiger partial charge in [0, 0.05) is 11.8 Å². The SMILES string of the molecule is COc1cccc(NC(=O)CSc2nnc(-c3cccs3)n2N)c1. The Balaban J connectivity index is 1.60. The third-order valence-electron chi connectivity index (χ3n) is 3.09. The van der Waals surface area contributed by atoms with Crippen LogP contribution in [0.15, 0.2) is 46.9 Å². The molecule has 0 atom stereocenters. The second-order valence-corrected chi connectivity index (χ2v) is 6.61. The molecule has 0 aliphatic rings. The first-order valence-electron chi connectivity index (χ1n) is 6.98. The molecule has 2 heterocycles. The van der Waals surface area contributed by atoms with Crippen LogP contribution in [0.4, 0.5) is 5.69 Å². The summed E-state index contributed by atoms with van der Waals surface area (Å²) >= 11 is 2.76. The van der Waals surface area contributed by atoms with Crippen molar-refractivity contribution in [2.45, 2.75) is 5.16 Å². The van der Waals surface area contributed by atoms with Crippen LogP contribution >= 0.6 is 23.1 Å². The molecule has 3 rings (SSSR count). The normalized spacial score (nSPS) is 10.5. The number of nitrogens with one attached hydrogen (secondary N) is 1. The van der Waals surface area contributed by atoms with Crippen molar-refractivity contribution in [1.82, 2.24) is 14.9 Å². The lowest BCUT2D eigenvalue weighted by Gasteiger charge is -2.06. The number of nitrogen functional groups attached to an aromatic ring is 1. The van der Waals surface area contributed by atoms with Crippen LogP contribution in [0.2, 0.25) is 0 Å². The van der Waals surface area contributed by atoms with E-state index >= 15 is 0 Å². The molecule has 0 aliphatic heterocycles. The lowest BCUT2D eigenvalue weighted by molar-refractivity contribution is -0.113. The molecule has 0 spiro atoms. The van der Waals surface area contributed by atoms with E-state index in [1.807, 2.05) is 29.6 Å². The molecule has 7 nitrogen and oxygen atoms in total. The van der Waals surface area contributed by atoms with Gasteiger partial charge in [0.15, 0.2) is 5.82 Å². The Morgan fingerprint density at radius 1 is 1.38 bits per heavy atom. The maximum atomic E-state index is 12.1. The van der Waals surface area contributed by atoms with Crippen LogP contribution in [0.5, 0.6) is 5.75 Å². The Labute approximate surface area is 146 Å². The monoisotopic (exact) mass is 361 g/mol. The highest BCUT2D eigenvalue weighted by Gasteiger charge is 2.14. The second-order valence-electron chi connectivity index (χ2n) is 4.72. The largest absolute Gasteiger partial charge is 0.497 e. The molecule has 0 unspecified atom stereocenters. The van der Waals surface area contributed by atoms with Crippen LogP contribution in [0.1, 0.15) is 0 Å². The lowest BCUT2D eigenvalue weighted by atomic mass is 10.3. The number of carbonyl (C=O) groups excluding carboxylic acids is 1. The van der Waals surface area contributed by atoms with Crippen LogP contribution in [0.3, 0.4) is 0 Å². The van der Waals surface area contributed by atoms with Gasteiger partial charge in [0.2, 0.25) is 11.1 Å². The van der Waals surface area contributed by atoms with Gasteiger partial charge in [0.1, 0.15) is 5.75 Å². The highest BCUT2D eigenvalue weighted by Crippen LogP contribution is 2.25. The van der Waals surface area contributed by atoms with Crippen LogP contribution in [0.25, 0.3) is 10.7 Å². The predicted octanol–water partition coefficient (Wildman–Crippen LogP) is 2.46. The number of hydrogen-bond donors (Lipinski definition) is 2. The van der Waals surface area contributed by atoms with Crippen molar-refractivity contribution in [3.05, 3.63) is 41.8 Å². The molecule has 3 N–H and O–H groups in total. The van der Waals surface area contributed by atoms with Crippen molar-refractivity contribution in [3.8, 4) is 16.5 Å². The van der Waals surface area contributed by atoms with E-state index < -0.39 is 0 Å². The summed E-state index contributed by atoms with van der Waals surface area (Å²) in [5.41, 5.74) is 0.674. The molecule has 3 aromatic rings. The summed E-state index contributed by atoms with van der Waals surface area (Å²) in [6.45, 7) is 0. The summed E-state index contributed by atoms with van der Waals surface area (Å²) < 4.78 is 6.52. The van der Waals surface area contributed by atoms with E-state index in [9.17, 15) is 4.79 Å². The maximum Gasteiger partial charge on any atom is 0.234 e. The fraction of sp³-hybridized carbons (Fsp3) is 0.133. The third-order valence-corrected chi connectivity index (χ3v) is 4.90. The number of thiophene rings is 1. The smallest absolute Gasteiger partial charge is 0.234 e. The minimum absolute atomic E-state index is 0.158. The molecule has 0 bridgehead atoms. The molecule has 0 fully saturated rings.